The van der Waals surface area contributed by atoms with Crippen molar-refractivity contribution in [3.8, 4) is 22.8 Å². The average molecular weight is 494 g/mol. The highest BCUT2D eigenvalue weighted by Crippen LogP contribution is 2.37. The lowest BCUT2D eigenvalue weighted by atomic mass is 10.1. The van der Waals surface area contributed by atoms with E-state index in [9.17, 15) is 14.4 Å². The van der Waals surface area contributed by atoms with E-state index in [2.05, 4.69) is 4.98 Å². The molecule has 0 atom stereocenters. The van der Waals surface area contributed by atoms with Gasteiger partial charge in [-0.2, -0.15) is 0 Å². The second-order valence-electron chi connectivity index (χ2n) is 8.17. The van der Waals surface area contributed by atoms with E-state index in [0.29, 0.717) is 35.0 Å². The van der Waals surface area contributed by atoms with Crippen molar-refractivity contribution in [2.24, 2.45) is 0 Å². The molecule has 35 heavy (non-hydrogen) atoms. The predicted molar refractivity (Wildman–Crippen MR) is 131 cm³/mol. The molecule has 0 unspecified atom stereocenters. The number of carbonyl (C=O) groups excluding carboxylic acids is 3. The van der Waals surface area contributed by atoms with Gasteiger partial charge in [-0.25, -0.2) is 4.98 Å². The van der Waals surface area contributed by atoms with Crippen LogP contribution in [0.1, 0.15) is 15.4 Å². The van der Waals surface area contributed by atoms with Crippen LogP contribution in [0.15, 0.2) is 41.8 Å². The van der Waals surface area contributed by atoms with Gasteiger partial charge in [0.1, 0.15) is 11.5 Å². The molecule has 10 heteroatoms. The molecule has 0 spiro atoms. The zero-order valence-corrected chi connectivity index (χ0v) is 20.1. The van der Waals surface area contributed by atoms with Crippen LogP contribution in [0.5, 0.6) is 11.5 Å². The van der Waals surface area contributed by atoms with Gasteiger partial charge >= 0.3 is 0 Å². The summed E-state index contributed by atoms with van der Waals surface area (Å²) in [6, 6.07) is 10.4. The number of benzene rings is 2. The summed E-state index contributed by atoms with van der Waals surface area (Å²) in [7, 11) is 3.29. The Morgan fingerprint density at radius 2 is 1.80 bits per heavy atom. The summed E-state index contributed by atoms with van der Waals surface area (Å²) in [6.45, 7) is 0.248. The van der Waals surface area contributed by atoms with Gasteiger partial charge in [0.25, 0.3) is 11.8 Å². The first kappa shape index (κ1) is 23.0. The fourth-order valence-electron chi connectivity index (χ4n) is 3.96. The van der Waals surface area contributed by atoms with Crippen LogP contribution in [0.4, 0.5) is 11.4 Å². The van der Waals surface area contributed by atoms with Gasteiger partial charge in [0.15, 0.2) is 19.0 Å². The van der Waals surface area contributed by atoms with E-state index in [-0.39, 0.29) is 37.4 Å². The molecule has 3 aromatic rings. The number of hydrogen-bond donors (Lipinski definition) is 0. The smallest absolute Gasteiger partial charge is 0.265 e. The van der Waals surface area contributed by atoms with Crippen molar-refractivity contribution in [2.75, 3.05) is 50.3 Å². The number of thiazole rings is 1. The summed E-state index contributed by atoms with van der Waals surface area (Å²) >= 11 is 1.55. The molecular formula is C25H23N3O6S. The molecule has 9 nitrogen and oxygen atoms in total. The van der Waals surface area contributed by atoms with E-state index in [1.54, 1.807) is 49.8 Å². The fourth-order valence-corrected chi connectivity index (χ4v) is 4.75. The molecule has 0 fully saturated rings. The number of Topliss-reactive ketones (excluding diaryl/α,β-unsaturated/α-hetero) is 1. The van der Waals surface area contributed by atoms with Crippen molar-refractivity contribution in [3.63, 3.8) is 0 Å². The summed E-state index contributed by atoms with van der Waals surface area (Å²) in [5.41, 5.74) is 3.04. The number of carbonyl (C=O) groups is 3. The molecule has 2 aliphatic rings. The summed E-state index contributed by atoms with van der Waals surface area (Å²) in [5, 5.41) is 2.92. The highest BCUT2D eigenvalue weighted by molar-refractivity contribution is 7.09. The second kappa shape index (κ2) is 9.47. The van der Waals surface area contributed by atoms with E-state index >= 15 is 0 Å². The normalized spacial score (nSPS) is 14.8. The quantitative estimate of drug-likeness (QED) is 0.467. The van der Waals surface area contributed by atoms with Crippen LogP contribution < -0.4 is 19.3 Å². The number of nitrogens with zero attached hydrogens (tertiary/aromatic N) is 3. The third-order valence-electron chi connectivity index (χ3n) is 5.94. The molecule has 0 N–H and O–H groups in total. The van der Waals surface area contributed by atoms with Crippen LogP contribution in [-0.4, -0.2) is 63.1 Å². The van der Waals surface area contributed by atoms with Crippen molar-refractivity contribution >= 4 is 40.3 Å². The highest BCUT2D eigenvalue weighted by atomic mass is 32.1. The van der Waals surface area contributed by atoms with Crippen LogP contribution >= 0.6 is 11.3 Å². The molecule has 0 saturated carbocycles. The number of ether oxygens (including phenoxy) is 3. The van der Waals surface area contributed by atoms with Crippen LogP contribution in [0, 0.1) is 0 Å². The molecule has 0 saturated heterocycles. The maximum atomic E-state index is 13.2. The van der Waals surface area contributed by atoms with Gasteiger partial charge in [0, 0.05) is 37.1 Å². The molecule has 5 rings (SSSR count). The van der Waals surface area contributed by atoms with Gasteiger partial charge in [-0.15, -0.1) is 11.3 Å². The molecule has 2 amide bonds. The molecule has 180 valence electrons. The minimum atomic E-state index is -0.310. The molecule has 3 heterocycles. The number of likely N-dealkylation sites (N-methyl/N-ethyl adjacent to an activating group) is 1. The zero-order valence-electron chi connectivity index (χ0n) is 19.3. The topological polar surface area (TPSA) is 98.3 Å². The van der Waals surface area contributed by atoms with Crippen molar-refractivity contribution in [1.82, 2.24) is 4.98 Å². The molecule has 0 radical (unpaired) electrons. The summed E-state index contributed by atoms with van der Waals surface area (Å²) < 4.78 is 16.2. The van der Waals surface area contributed by atoms with E-state index in [1.807, 2.05) is 17.5 Å². The lowest BCUT2D eigenvalue weighted by molar-refractivity contribution is -0.121. The predicted octanol–water partition coefficient (Wildman–Crippen LogP) is 2.96. The van der Waals surface area contributed by atoms with E-state index in [4.69, 9.17) is 14.2 Å². The Labute approximate surface area is 205 Å². The van der Waals surface area contributed by atoms with Gasteiger partial charge in [0.2, 0.25) is 0 Å². The summed E-state index contributed by atoms with van der Waals surface area (Å²) in [5.74, 6) is 0.297. The first-order valence-corrected chi connectivity index (χ1v) is 11.9. The first-order valence-electron chi connectivity index (χ1n) is 11.0. The standard InChI is InChI=1S/C25H23N3O6S/c1-27-18-10-16(4-6-21(18)33-12-24(27)30)20(29)11-28-19-9-15(3-5-22(19)34-13-25(28)31)17-14-35-23(26-17)7-8-32-2/h3-6,9-10,14H,7-8,11-13H2,1-2H3. The zero-order chi connectivity index (χ0) is 24.5. The number of hydrogen-bond acceptors (Lipinski definition) is 8. The van der Waals surface area contributed by atoms with Gasteiger partial charge in [0.05, 0.1) is 35.2 Å². The third kappa shape index (κ3) is 4.50. The van der Waals surface area contributed by atoms with E-state index in [1.165, 1.54) is 9.80 Å². The van der Waals surface area contributed by atoms with Gasteiger partial charge in [-0.3, -0.25) is 19.3 Å². The maximum absolute atomic E-state index is 13.2. The van der Waals surface area contributed by atoms with Gasteiger partial charge in [-0.05, 0) is 36.4 Å². The van der Waals surface area contributed by atoms with Crippen LogP contribution in [0.3, 0.4) is 0 Å². The number of anilines is 2. The van der Waals surface area contributed by atoms with Crippen LogP contribution in [0.2, 0.25) is 0 Å². The number of fused-ring (bicyclic) bond motifs is 2. The molecule has 0 bridgehead atoms. The Kier molecular flexibility index (Phi) is 6.23. The number of rotatable bonds is 7. The maximum Gasteiger partial charge on any atom is 0.265 e. The summed E-state index contributed by atoms with van der Waals surface area (Å²) in [4.78, 5) is 45.5. The van der Waals surface area contributed by atoms with Crippen molar-refractivity contribution in [2.45, 2.75) is 6.42 Å². The Balaban J connectivity index is 1.41. The Hall–Kier alpha value is -3.76. The molecule has 2 aliphatic heterocycles. The fraction of sp³-hybridized carbons (Fsp3) is 0.280. The minimum absolute atomic E-state index is 0.0367. The van der Waals surface area contributed by atoms with Gasteiger partial charge in [-0.1, -0.05) is 0 Å². The van der Waals surface area contributed by atoms with Gasteiger partial charge < -0.3 is 19.1 Å². The minimum Gasteiger partial charge on any atom is -0.482 e. The SMILES string of the molecule is COCCc1nc(-c2ccc3c(c2)N(CC(=O)c2ccc4c(c2)N(C)C(=O)CO4)C(=O)CO3)cs1. The Bertz CT molecular complexity index is 1320. The van der Waals surface area contributed by atoms with E-state index in [0.717, 1.165) is 22.7 Å². The molecule has 0 aliphatic carbocycles. The number of ketones is 1. The van der Waals surface area contributed by atoms with Crippen molar-refractivity contribution < 1.29 is 28.6 Å². The monoisotopic (exact) mass is 493 g/mol. The van der Waals surface area contributed by atoms with Crippen LogP contribution in [-0.2, 0) is 20.7 Å². The largest absolute Gasteiger partial charge is 0.482 e. The number of aromatic nitrogens is 1. The summed E-state index contributed by atoms with van der Waals surface area (Å²) in [6.07, 6.45) is 0.723. The Morgan fingerprint density at radius 3 is 2.60 bits per heavy atom. The molecular weight excluding hydrogens is 470 g/mol. The lowest BCUT2D eigenvalue weighted by Crippen LogP contribution is -2.42. The van der Waals surface area contributed by atoms with Crippen LogP contribution in [0.25, 0.3) is 11.3 Å². The average Bonchev–Trinajstić information content (AvgIpc) is 3.35. The lowest BCUT2D eigenvalue weighted by Gasteiger charge is -2.29. The van der Waals surface area contributed by atoms with Crippen molar-refractivity contribution in [1.29, 1.82) is 0 Å². The molecule has 2 aromatic carbocycles. The number of methoxy groups -OCH3 is 1. The third-order valence-corrected chi connectivity index (χ3v) is 6.85. The van der Waals surface area contributed by atoms with Crippen molar-refractivity contribution in [3.05, 3.63) is 52.3 Å². The van der Waals surface area contributed by atoms with E-state index < -0.39 is 0 Å². The second-order valence-corrected chi connectivity index (χ2v) is 9.11. The first-order chi connectivity index (χ1) is 16.9. The molecule has 1 aromatic heterocycles. The number of amides is 2. The highest BCUT2D eigenvalue weighted by Gasteiger charge is 2.29. The Morgan fingerprint density at radius 1 is 1.06 bits per heavy atom.